The number of ketones is 1. The number of amides is 1. The van der Waals surface area contributed by atoms with Gasteiger partial charge in [0.05, 0.1) is 30.7 Å². The quantitative estimate of drug-likeness (QED) is 0.634. The number of morpholine rings is 1. The molecule has 0 bridgehead atoms. The first kappa shape index (κ1) is 21.2. The van der Waals surface area contributed by atoms with Crippen molar-refractivity contribution < 1.29 is 19.1 Å². The summed E-state index contributed by atoms with van der Waals surface area (Å²) in [6.45, 7) is 4.94. The summed E-state index contributed by atoms with van der Waals surface area (Å²) in [5, 5.41) is 0. The van der Waals surface area contributed by atoms with Gasteiger partial charge >= 0.3 is 0 Å². The molecule has 7 heteroatoms. The van der Waals surface area contributed by atoms with Crippen LogP contribution in [0.5, 0.6) is 0 Å². The molecule has 3 unspecified atom stereocenters. The summed E-state index contributed by atoms with van der Waals surface area (Å²) in [5.74, 6) is 0.212. The first-order valence-corrected chi connectivity index (χ1v) is 12.2. The van der Waals surface area contributed by atoms with E-state index in [4.69, 9.17) is 9.47 Å². The number of carbonyl (C=O) groups is 2. The maximum atomic E-state index is 13.6. The third-order valence-electron chi connectivity index (χ3n) is 7.02. The molecule has 166 valence electrons. The van der Waals surface area contributed by atoms with Gasteiger partial charge in [-0.3, -0.25) is 14.5 Å². The highest BCUT2D eigenvalue weighted by atomic mass is 79.9. The van der Waals surface area contributed by atoms with Crippen molar-refractivity contribution in [3.8, 4) is 0 Å². The fourth-order valence-electron chi connectivity index (χ4n) is 5.40. The number of nitrogens with zero attached hydrogens (tertiary/aromatic N) is 2. The van der Waals surface area contributed by atoms with Crippen LogP contribution in [-0.2, 0) is 19.1 Å². The number of carbonyl (C=O) groups excluding carboxylic acids is 2. The minimum atomic E-state index is -0.351. The monoisotopic (exact) mass is 488 g/mol. The molecule has 3 aliphatic heterocycles. The molecule has 0 spiro atoms. The maximum absolute atomic E-state index is 13.6. The van der Waals surface area contributed by atoms with E-state index in [0.29, 0.717) is 17.9 Å². The molecule has 3 heterocycles. The standard InChI is InChI=1S/C24H29BrN2O4/c25-17-8-6-16(7-9-17)21-20-22(28)18-4-1-2-5-19(18)31-23(20)24(29)27(21)11-3-10-26-12-14-30-15-13-26/h6-9,18-19,21H,1-5,10-15H2. The average molecular weight is 489 g/mol. The third-order valence-corrected chi connectivity index (χ3v) is 7.55. The topological polar surface area (TPSA) is 59.1 Å². The number of halogens is 1. The number of benzene rings is 1. The van der Waals surface area contributed by atoms with Crippen LogP contribution in [0, 0.1) is 5.92 Å². The molecule has 31 heavy (non-hydrogen) atoms. The van der Waals surface area contributed by atoms with Gasteiger partial charge in [-0.25, -0.2) is 0 Å². The Labute approximate surface area is 191 Å². The van der Waals surface area contributed by atoms with Crippen molar-refractivity contribution in [1.29, 1.82) is 0 Å². The van der Waals surface area contributed by atoms with Crippen LogP contribution >= 0.6 is 15.9 Å². The van der Waals surface area contributed by atoms with Crippen LogP contribution in [0.2, 0.25) is 0 Å². The Hall–Kier alpha value is -1.70. The lowest BCUT2D eigenvalue weighted by atomic mass is 9.77. The highest BCUT2D eigenvalue weighted by Crippen LogP contribution is 2.46. The van der Waals surface area contributed by atoms with E-state index in [2.05, 4.69) is 20.8 Å². The summed E-state index contributed by atoms with van der Waals surface area (Å²) in [5.41, 5.74) is 1.56. The van der Waals surface area contributed by atoms with Gasteiger partial charge in [0, 0.05) is 30.7 Å². The van der Waals surface area contributed by atoms with E-state index in [1.165, 1.54) is 0 Å². The van der Waals surface area contributed by atoms with Crippen molar-refractivity contribution in [3.63, 3.8) is 0 Å². The lowest BCUT2D eigenvalue weighted by Gasteiger charge is -2.35. The van der Waals surface area contributed by atoms with Crippen molar-refractivity contribution in [2.75, 3.05) is 39.4 Å². The average Bonchev–Trinajstić information content (AvgIpc) is 3.07. The van der Waals surface area contributed by atoms with Gasteiger partial charge in [0.2, 0.25) is 0 Å². The number of hydrogen-bond donors (Lipinski definition) is 0. The van der Waals surface area contributed by atoms with Crippen LogP contribution in [0.3, 0.4) is 0 Å². The van der Waals surface area contributed by atoms with Crippen LogP contribution in [0.4, 0.5) is 0 Å². The summed E-state index contributed by atoms with van der Waals surface area (Å²) in [6, 6.07) is 7.61. The fraction of sp³-hybridized carbons (Fsp3) is 0.583. The molecular formula is C24H29BrN2O4. The van der Waals surface area contributed by atoms with Gasteiger partial charge in [-0.05, 0) is 43.4 Å². The van der Waals surface area contributed by atoms with Gasteiger partial charge in [-0.15, -0.1) is 0 Å². The van der Waals surface area contributed by atoms with Gasteiger partial charge < -0.3 is 14.4 Å². The van der Waals surface area contributed by atoms with Crippen molar-refractivity contribution in [2.45, 2.75) is 44.2 Å². The Kier molecular flexibility index (Phi) is 6.17. The molecule has 1 saturated heterocycles. The zero-order valence-corrected chi connectivity index (χ0v) is 19.3. The summed E-state index contributed by atoms with van der Waals surface area (Å²) in [6.07, 6.45) is 4.56. The van der Waals surface area contributed by atoms with Gasteiger partial charge in [0.15, 0.2) is 11.5 Å². The summed E-state index contributed by atoms with van der Waals surface area (Å²) < 4.78 is 12.6. The molecule has 0 N–H and O–H groups in total. The molecular weight excluding hydrogens is 460 g/mol. The molecule has 6 nitrogen and oxygen atoms in total. The Morgan fingerprint density at radius 3 is 2.52 bits per heavy atom. The van der Waals surface area contributed by atoms with Crippen LogP contribution in [-0.4, -0.2) is 67.0 Å². The fourth-order valence-corrected chi connectivity index (χ4v) is 5.67. The molecule has 2 fully saturated rings. The van der Waals surface area contributed by atoms with E-state index < -0.39 is 0 Å². The van der Waals surface area contributed by atoms with E-state index in [0.717, 1.165) is 75.0 Å². The van der Waals surface area contributed by atoms with Crippen LogP contribution in [0.1, 0.15) is 43.7 Å². The van der Waals surface area contributed by atoms with Crippen LogP contribution < -0.4 is 0 Å². The molecule has 4 aliphatic rings. The van der Waals surface area contributed by atoms with E-state index >= 15 is 0 Å². The second kappa shape index (κ2) is 9.04. The highest BCUT2D eigenvalue weighted by molar-refractivity contribution is 9.10. The Morgan fingerprint density at radius 1 is 1.00 bits per heavy atom. The van der Waals surface area contributed by atoms with Gasteiger partial charge in [-0.1, -0.05) is 34.5 Å². The van der Waals surface area contributed by atoms with Crippen LogP contribution in [0.15, 0.2) is 40.1 Å². The van der Waals surface area contributed by atoms with E-state index in [1.54, 1.807) is 0 Å². The number of ether oxygens (including phenoxy) is 2. The molecule has 1 amide bonds. The first-order chi connectivity index (χ1) is 15.1. The molecule has 0 aromatic heterocycles. The number of fused-ring (bicyclic) bond motifs is 1. The molecule has 1 aromatic rings. The summed E-state index contributed by atoms with van der Waals surface area (Å²) in [4.78, 5) is 31.2. The number of hydrogen-bond acceptors (Lipinski definition) is 5. The first-order valence-electron chi connectivity index (χ1n) is 11.4. The Morgan fingerprint density at radius 2 is 1.74 bits per heavy atom. The predicted octanol–water partition coefficient (Wildman–Crippen LogP) is 3.47. The van der Waals surface area contributed by atoms with Gasteiger partial charge in [-0.2, -0.15) is 0 Å². The minimum absolute atomic E-state index is 0.105. The predicted molar refractivity (Wildman–Crippen MR) is 119 cm³/mol. The highest BCUT2D eigenvalue weighted by Gasteiger charge is 2.51. The second-order valence-electron chi connectivity index (χ2n) is 8.91. The van der Waals surface area contributed by atoms with Gasteiger partial charge in [0.25, 0.3) is 5.91 Å². The third kappa shape index (κ3) is 4.08. The van der Waals surface area contributed by atoms with Crippen LogP contribution in [0.25, 0.3) is 0 Å². The van der Waals surface area contributed by atoms with Gasteiger partial charge in [0.1, 0.15) is 6.10 Å². The summed E-state index contributed by atoms with van der Waals surface area (Å²) >= 11 is 3.49. The maximum Gasteiger partial charge on any atom is 0.290 e. The van der Waals surface area contributed by atoms with E-state index in [9.17, 15) is 9.59 Å². The van der Waals surface area contributed by atoms with Crippen molar-refractivity contribution in [2.24, 2.45) is 5.92 Å². The molecule has 1 aliphatic carbocycles. The normalized spacial score (nSPS) is 29.1. The lowest BCUT2D eigenvalue weighted by Crippen LogP contribution is -2.39. The molecule has 1 saturated carbocycles. The smallest absolute Gasteiger partial charge is 0.290 e. The minimum Gasteiger partial charge on any atom is -0.483 e. The summed E-state index contributed by atoms with van der Waals surface area (Å²) in [7, 11) is 0. The number of Topliss-reactive ketones (excluding diaryl/α,β-unsaturated/α-hetero) is 1. The van der Waals surface area contributed by atoms with E-state index in [-0.39, 0.29) is 29.8 Å². The molecule has 1 aromatic carbocycles. The SMILES string of the molecule is O=C1C2=C(OC3CCCCC13)C(=O)N(CCCN1CCOCC1)C2c1ccc(Br)cc1. The molecule has 5 rings (SSSR count). The van der Waals surface area contributed by atoms with Crippen molar-refractivity contribution in [3.05, 3.63) is 45.6 Å². The zero-order valence-electron chi connectivity index (χ0n) is 17.7. The largest absolute Gasteiger partial charge is 0.483 e. The zero-order chi connectivity index (χ0) is 21.4. The lowest BCUT2D eigenvalue weighted by molar-refractivity contribution is -0.135. The Balaban J connectivity index is 1.41. The Bertz CT molecular complexity index is 878. The van der Waals surface area contributed by atoms with Crippen molar-refractivity contribution in [1.82, 2.24) is 9.80 Å². The van der Waals surface area contributed by atoms with E-state index in [1.807, 2.05) is 29.2 Å². The second-order valence-corrected chi connectivity index (χ2v) is 9.83. The molecule has 3 atom stereocenters. The van der Waals surface area contributed by atoms with Crippen molar-refractivity contribution >= 4 is 27.6 Å². The molecule has 0 radical (unpaired) electrons. The number of rotatable bonds is 5.